The van der Waals surface area contributed by atoms with E-state index in [9.17, 15) is 4.79 Å². The molecular formula is C20H25N5O2. The highest BCUT2D eigenvalue weighted by Crippen LogP contribution is 2.30. The standard InChI is InChI=1S/C20H25N5O2/c1-20(2,3)25-10-15(16-17(21-4)22-12-23-18(16)25)19(26)24-14-8-6-13(7-9-14)11-27-5/h6-10,12H,11H2,1-5H3,(H,24,26)(H,21,22,23). The Hall–Kier alpha value is -2.93. The van der Waals surface area contributed by atoms with Gasteiger partial charge in [-0.2, -0.15) is 0 Å². The van der Waals surface area contributed by atoms with E-state index in [-0.39, 0.29) is 11.4 Å². The van der Waals surface area contributed by atoms with Crippen molar-refractivity contribution in [1.29, 1.82) is 0 Å². The second-order valence-corrected chi connectivity index (χ2v) is 7.34. The molecule has 0 saturated heterocycles. The number of nitrogens with zero attached hydrogens (tertiary/aromatic N) is 3. The zero-order valence-electron chi connectivity index (χ0n) is 16.3. The Balaban J connectivity index is 2.01. The first-order chi connectivity index (χ1) is 12.8. The quantitative estimate of drug-likeness (QED) is 0.720. The summed E-state index contributed by atoms with van der Waals surface area (Å²) in [7, 11) is 3.44. The molecule has 0 aliphatic heterocycles. The number of anilines is 2. The fraction of sp³-hybridized carbons (Fsp3) is 0.350. The number of benzene rings is 1. The van der Waals surface area contributed by atoms with Crippen molar-refractivity contribution in [3.05, 3.63) is 47.9 Å². The fourth-order valence-electron chi connectivity index (χ4n) is 2.98. The number of rotatable bonds is 5. The van der Waals surface area contributed by atoms with Crippen LogP contribution in [0, 0.1) is 0 Å². The van der Waals surface area contributed by atoms with Crippen LogP contribution in [0.1, 0.15) is 36.7 Å². The third-order valence-corrected chi connectivity index (χ3v) is 4.31. The number of fused-ring (bicyclic) bond motifs is 1. The lowest BCUT2D eigenvalue weighted by Crippen LogP contribution is -2.21. The maximum atomic E-state index is 13.0. The van der Waals surface area contributed by atoms with Gasteiger partial charge in [0.15, 0.2) is 0 Å². The van der Waals surface area contributed by atoms with Gasteiger partial charge in [-0.1, -0.05) is 12.1 Å². The lowest BCUT2D eigenvalue weighted by Gasteiger charge is -2.21. The first-order valence-electron chi connectivity index (χ1n) is 8.78. The minimum absolute atomic E-state index is 0.200. The first kappa shape index (κ1) is 18.8. The Bertz CT molecular complexity index is 955. The largest absolute Gasteiger partial charge is 0.380 e. The molecule has 1 amide bonds. The molecule has 0 unspecified atom stereocenters. The van der Waals surface area contributed by atoms with E-state index < -0.39 is 0 Å². The smallest absolute Gasteiger partial charge is 0.258 e. The molecule has 0 bridgehead atoms. The van der Waals surface area contributed by atoms with Crippen molar-refractivity contribution >= 4 is 28.4 Å². The molecule has 7 nitrogen and oxygen atoms in total. The lowest BCUT2D eigenvalue weighted by molar-refractivity contribution is 0.102. The second kappa shape index (κ2) is 7.36. The van der Waals surface area contributed by atoms with Gasteiger partial charge in [0.1, 0.15) is 17.8 Å². The minimum Gasteiger partial charge on any atom is -0.380 e. The van der Waals surface area contributed by atoms with E-state index in [1.54, 1.807) is 14.2 Å². The van der Waals surface area contributed by atoms with Crippen molar-refractivity contribution in [1.82, 2.24) is 14.5 Å². The normalized spacial score (nSPS) is 11.6. The number of aromatic nitrogens is 3. The van der Waals surface area contributed by atoms with Crippen molar-refractivity contribution in [3.8, 4) is 0 Å². The summed E-state index contributed by atoms with van der Waals surface area (Å²) in [6, 6.07) is 7.59. The Labute approximate surface area is 158 Å². The number of amides is 1. The third-order valence-electron chi connectivity index (χ3n) is 4.31. The van der Waals surface area contributed by atoms with Crippen molar-refractivity contribution in [2.45, 2.75) is 32.9 Å². The van der Waals surface area contributed by atoms with E-state index >= 15 is 0 Å². The summed E-state index contributed by atoms with van der Waals surface area (Å²) >= 11 is 0. The summed E-state index contributed by atoms with van der Waals surface area (Å²) in [4.78, 5) is 21.7. The topological polar surface area (TPSA) is 81.1 Å². The first-order valence-corrected chi connectivity index (χ1v) is 8.78. The number of hydrogen-bond acceptors (Lipinski definition) is 5. The molecule has 2 heterocycles. The zero-order chi connectivity index (χ0) is 19.6. The van der Waals surface area contributed by atoms with Gasteiger partial charge in [0, 0.05) is 31.6 Å². The maximum Gasteiger partial charge on any atom is 0.258 e. The van der Waals surface area contributed by atoms with Crippen LogP contribution >= 0.6 is 0 Å². The summed E-state index contributed by atoms with van der Waals surface area (Å²) in [6.45, 7) is 6.76. The third kappa shape index (κ3) is 3.78. The molecule has 2 N–H and O–H groups in total. The molecular weight excluding hydrogens is 342 g/mol. The van der Waals surface area contributed by atoms with Gasteiger partial charge < -0.3 is 19.9 Å². The number of methoxy groups -OCH3 is 1. The average Bonchev–Trinajstić information content (AvgIpc) is 3.04. The molecule has 0 fully saturated rings. The number of hydrogen-bond donors (Lipinski definition) is 2. The van der Waals surface area contributed by atoms with E-state index in [1.165, 1.54) is 6.33 Å². The molecule has 3 aromatic rings. The van der Waals surface area contributed by atoms with Crippen LogP contribution in [0.5, 0.6) is 0 Å². The van der Waals surface area contributed by atoms with Crippen LogP contribution in [-0.2, 0) is 16.9 Å². The molecule has 0 radical (unpaired) electrons. The van der Waals surface area contributed by atoms with E-state index in [2.05, 4.69) is 41.4 Å². The number of carbonyl (C=O) groups excluding carboxylic acids is 1. The maximum absolute atomic E-state index is 13.0. The predicted molar refractivity (Wildman–Crippen MR) is 107 cm³/mol. The van der Waals surface area contributed by atoms with Crippen molar-refractivity contribution < 1.29 is 9.53 Å². The van der Waals surface area contributed by atoms with Gasteiger partial charge in [-0.15, -0.1) is 0 Å². The van der Waals surface area contributed by atoms with Gasteiger partial charge >= 0.3 is 0 Å². The Kier molecular flexibility index (Phi) is 5.14. The monoisotopic (exact) mass is 367 g/mol. The molecule has 0 saturated carbocycles. The van der Waals surface area contributed by atoms with Crippen molar-refractivity contribution in [2.75, 3.05) is 24.8 Å². The van der Waals surface area contributed by atoms with Crippen LogP contribution in [0.2, 0.25) is 0 Å². The van der Waals surface area contributed by atoms with Gasteiger partial charge in [0.05, 0.1) is 17.6 Å². The van der Waals surface area contributed by atoms with Crippen LogP contribution < -0.4 is 10.6 Å². The molecule has 0 aliphatic rings. The van der Waals surface area contributed by atoms with Crippen LogP contribution in [-0.4, -0.2) is 34.6 Å². The van der Waals surface area contributed by atoms with Crippen LogP contribution in [0.3, 0.4) is 0 Å². The molecule has 1 aromatic carbocycles. The summed E-state index contributed by atoms with van der Waals surface area (Å²) in [5.41, 5.74) is 2.80. The summed E-state index contributed by atoms with van der Waals surface area (Å²) in [5, 5.41) is 6.73. The molecule has 142 valence electrons. The van der Waals surface area contributed by atoms with Crippen molar-refractivity contribution in [2.24, 2.45) is 0 Å². The number of nitrogens with one attached hydrogen (secondary N) is 2. The Morgan fingerprint density at radius 1 is 1.19 bits per heavy atom. The van der Waals surface area contributed by atoms with Crippen molar-refractivity contribution in [3.63, 3.8) is 0 Å². The highest BCUT2D eigenvalue weighted by Gasteiger charge is 2.24. The van der Waals surface area contributed by atoms with E-state index in [0.29, 0.717) is 23.4 Å². The highest BCUT2D eigenvalue weighted by molar-refractivity contribution is 6.15. The molecule has 0 atom stereocenters. The van der Waals surface area contributed by atoms with E-state index in [1.807, 2.05) is 35.0 Å². The van der Waals surface area contributed by atoms with Gasteiger partial charge in [0.2, 0.25) is 0 Å². The zero-order valence-corrected chi connectivity index (χ0v) is 16.3. The Morgan fingerprint density at radius 2 is 1.89 bits per heavy atom. The van der Waals surface area contributed by atoms with Gasteiger partial charge in [-0.3, -0.25) is 4.79 Å². The molecule has 0 spiro atoms. The fourth-order valence-corrected chi connectivity index (χ4v) is 2.98. The second-order valence-electron chi connectivity index (χ2n) is 7.34. The molecule has 0 aliphatic carbocycles. The van der Waals surface area contributed by atoms with Crippen LogP contribution in [0.15, 0.2) is 36.8 Å². The van der Waals surface area contributed by atoms with Crippen LogP contribution in [0.25, 0.3) is 11.0 Å². The van der Waals surface area contributed by atoms with E-state index in [0.717, 1.165) is 16.9 Å². The number of carbonyl (C=O) groups is 1. The average molecular weight is 367 g/mol. The molecule has 2 aromatic heterocycles. The summed E-state index contributed by atoms with van der Waals surface area (Å²) in [5.74, 6) is 0.428. The Morgan fingerprint density at radius 3 is 2.48 bits per heavy atom. The van der Waals surface area contributed by atoms with Gasteiger partial charge in [-0.25, -0.2) is 9.97 Å². The highest BCUT2D eigenvalue weighted by atomic mass is 16.5. The van der Waals surface area contributed by atoms with Gasteiger partial charge in [0.25, 0.3) is 5.91 Å². The van der Waals surface area contributed by atoms with Crippen LogP contribution in [0.4, 0.5) is 11.5 Å². The molecule has 7 heteroatoms. The van der Waals surface area contributed by atoms with Gasteiger partial charge in [-0.05, 0) is 38.5 Å². The summed E-state index contributed by atoms with van der Waals surface area (Å²) in [6.07, 6.45) is 3.35. The molecule has 3 rings (SSSR count). The minimum atomic E-state index is -0.224. The molecule has 27 heavy (non-hydrogen) atoms. The van der Waals surface area contributed by atoms with E-state index in [4.69, 9.17) is 4.74 Å². The number of ether oxygens (including phenoxy) is 1. The summed E-state index contributed by atoms with van der Waals surface area (Å²) < 4.78 is 7.12. The predicted octanol–water partition coefficient (Wildman–Crippen LogP) is 3.63. The SMILES string of the molecule is CNc1ncnc2c1c(C(=O)Nc1ccc(COC)cc1)cn2C(C)(C)C. The lowest BCUT2D eigenvalue weighted by atomic mass is 10.1.